The zero-order valence-electron chi connectivity index (χ0n) is 16.6. The van der Waals surface area contributed by atoms with Gasteiger partial charge in [0, 0.05) is 41.1 Å². The Morgan fingerprint density at radius 3 is 2.56 bits per heavy atom. The predicted molar refractivity (Wildman–Crippen MR) is 126 cm³/mol. The number of nitrogens with zero attached hydrogens (tertiary/aromatic N) is 2. The highest BCUT2D eigenvalue weighted by Crippen LogP contribution is 2.24. The van der Waals surface area contributed by atoms with Crippen molar-refractivity contribution >= 4 is 41.7 Å². The summed E-state index contributed by atoms with van der Waals surface area (Å²) in [6.07, 6.45) is 1.84. The predicted octanol–water partition coefficient (Wildman–Crippen LogP) is 4.17. The molecule has 1 heterocycles. The van der Waals surface area contributed by atoms with E-state index in [0.717, 1.165) is 35.1 Å². The molecule has 7 heteroatoms. The number of thioether (sulfide) groups is 1. The molecule has 1 aromatic carbocycles. The summed E-state index contributed by atoms with van der Waals surface area (Å²) in [5.41, 5.74) is 3.06. The van der Waals surface area contributed by atoms with Crippen LogP contribution in [0.15, 0.2) is 46.4 Å². The standard InChI is InChI=1S/C20H28N4OS.HI/c1-14-11-22-18(16(3)19(14)25-5)13-24-20(21-4)23-12-15(2)26-17-9-7-6-8-10-17;/h6-11,15H,12-13H2,1-5H3,(H2,21,23,24);1H. The Morgan fingerprint density at radius 1 is 1.22 bits per heavy atom. The number of hydrogen-bond acceptors (Lipinski definition) is 4. The van der Waals surface area contributed by atoms with E-state index in [2.05, 4.69) is 51.8 Å². The van der Waals surface area contributed by atoms with Crippen molar-refractivity contribution in [2.24, 2.45) is 4.99 Å². The van der Waals surface area contributed by atoms with Crippen LogP contribution in [0.2, 0.25) is 0 Å². The minimum Gasteiger partial charge on any atom is -0.496 e. The number of benzene rings is 1. The molecule has 0 bridgehead atoms. The number of hydrogen-bond donors (Lipinski definition) is 2. The van der Waals surface area contributed by atoms with Gasteiger partial charge in [-0.25, -0.2) is 0 Å². The largest absolute Gasteiger partial charge is 0.496 e. The summed E-state index contributed by atoms with van der Waals surface area (Å²) in [6.45, 7) is 7.66. The maximum Gasteiger partial charge on any atom is 0.191 e. The average Bonchev–Trinajstić information content (AvgIpc) is 2.64. The van der Waals surface area contributed by atoms with E-state index in [1.54, 1.807) is 14.2 Å². The molecule has 2 N–H and O–H groups in total. The second kappa shape index (κ2) is 12.1. The Labute approximate surface area is 183 Å². The van der Waals surface area contributed by atoms with Crippen LogP contribution < -0.4 is 15.4 Å². The van der Waals surface area contributed by atoms with E-state index < -0.39 is 0 Å². The minimum absolute atomic E-state index is 0. The van der Waals surface area contributed by atoms with Gasteiger partial charge in [-0.3, -0.25) is 9.98 Å². The van der Waals surface area contributed by atoms with Crippen LogP contribution in [0, 0.1) is 13.8 Å². The van der Waals surface area contributed by atoms with Crippen LogP contribution in [-0.2, 0) is 6.54 Å². The molecule has 0 aliphatic carbocycles. The summed E-state index contributed by atoms with van der Waals surface area (Å²) < 4.78 is 5.47. The molecule has 148 valence electrons. The minimum atomic E-state index is 0. The zero-order valence-corrected chi connectivity index (χ0v) is 19.7. The summed E-state index contributed by atoms with van der Waals surface area (Å²) in [5.74, 6) is 1.67. The molecule has 1 atom stereocenters. The first kappa shape index (κ1) is 23.6. The van der Waals surface area contributed by atoms with Crippen molar-refractivity contribution in [3.05, 3.63) is 53.3 Å². The molecule has 0 saturated heterocycles. The number of pyridine rings is 1. The van der Waals surface area contributed by atoms with E-state index in [-0.39, 0.29) is 24.0 Å². The fraction of sp³-hybridized carbons (Fsp3) is 0.400. The van der Waals surface area contributed by atoms with Gasteiger partial charge >= 0.3 is 0 Å². The normalized spacial score (nSPS) is 12.1. The van der Waals surface area contributed by atoms with Crippen LogP contribution in [0.4, 0.5) is 0 Å². The second-order valence-electron chi connectivity index (χ2n) is 6.09. The second-order valence-corrected chi connectivity index (χ2v) is 7.61. The van der Waals surface area contributed by atoms with Gasteiger partial charge in [0.25, 0.3) is 0 Å². The molecule has 0 fully saturated rings. The van der Waals surface area contributed by atoms with E-state index in [0.29, 0.717) is 11.8 Å². The zero-order chi connectivity index (χ0) is 18.9. The lowest BCUT2D eigenvalue weighted by atomic mass is 10.1. The van der Waals surface area contributed by atoms with Crippen molar-refractivity contribution < 1.29 is 4.74 Å². The topological polar surface area (TPSA) is 58.5 Å². The van der Waals surface area contributed by atoms with E-state index in [1.165, 1.54) is 4.90 Å². The quantitative estimate of drug-likeness (QED) is 0.259. The molecule has 2 aromatic rings. The molecule has 27 heavy (non-hydrogen) atoms. The van der Waals surface area contributed by atoms with Crippen molar-refractivity contribution in [2.45, 2.75) is 37.5 Å². The highest BCUT2D eigenvalue weighted by molar-refractivity contribution is 14.0. The molecular weight excluding hydrogens is 471 g/mol. The Bertz CT molecular complexity index is 740. The fourth-order valence-electron chi connectivity index (χ4n) is 2.65. The van der Waals surface area contributed by atoms with E-state index in [4.69, 9.17) is 4.74 Å². The lowest BCUT2D eigenvalue weighted by molar-refractivity contribution is 0.406. The molecule has 0 aliphatic rings. The van der Waals surface area contributed by atoms with Gasteiger partial charge in [-0.2, -0.15) is 0 Å². The molecule has 1 unspecified atom stereocenters. The highest BCUT2D eigenvalue weighted by atomic mass is 127. The lowest BCUT2D eigenvalue weighted by Gasteiger charge is -2.17. The molecular formula is C20H29IN4OS. The van der Waals surface area contributed by atoms with E-state index in [1.807, 2.05) is 37.9 Å². The van der Waals surface area contributed by atoms with Crippen LogP contribution in [0.5, 0.6) is 5.75 Å². The fourth-order valence-corrected chi connectivity index (χ4v) is 3.60. The van der Waals surface area contributed by atoms with Gasteiger partial charge in [-0.05, 0) is 26.0 Å². The van der Waals surface area contributed by atoms with Gasteiger partial charge in [0.05, 0.1) is 19.3 Å². The van der Waals surface area contributed by atoms with Gasteiger partial charge in [0.15, 0.2) is 5.96 Å². The first-order chi connectivity index (χ1) is 12.5. The van der Waals surface area contributed by atoms with Crippen molar-refractivity contribution in [3.8, 4) is 5.75 Å². The van der Waals surface area contributed by atoms with E-state index in [9.17, 15) is 0 Å². The van der Waals surface area contributed by atoms with Crippen LogP contribution in [0.3, 0.4) is 0 Å². The van der Waals surface area contributed by atoms with Gasteiger partial charge in [0.2, 0.25) is 0 Å². The van der Waals surface area contributed by atoms with Crippen LogP contribution >= 0.6 is 35.7 Å². The summed E-state index contributed by atoms with van der Waals surface area (Å²) in [5, 5.41) is 7.13. The Hall–Kier alpha value is -1.48. The van der Waals surface area contributed by atoms with Crippen molar-refractivity contribution in [1.29, 1.82) is 0 Å². The summed E-state index contributed by atoms with van der Waals surface area (Å²) >= 11 is 1.85. The molecule has 0 radical (unpaired) electrons. The van der Waals surface area contributed by atoms with Gasteiger partial charge in [0.1, 0.15) is 5.75 Å². The third-order valence-electron chi connectivity index (χ3n) is 4.03. The van der Waals surface area contributed by atoms with Crippen molar-refractivity contribution in [2.75, 3.05) is 20.7 Å². The van der Waals surface area contributed by atoms with Gasteiger partial charge in [-0.15, -0.1) is 35.7 Å². The molecule has 0 saturated carbocycles. The number of nitrogens with one attached hydrogen (secondary N) is 2. The molecule has 1 aromatic heterocycles. The lowest BCUT2D eigenvalue weighted by Crippen LogP contribution is -2.39. The van der Waals surface area contributed by atoms with Gasteiger partial charge < -0.3 is 15.4 Å². The SMILES string of the molecule is CN=C(NCc1ncc(C)c(OC)c1C)NCC(C)Sc1ccccc1.I. The van der Waals surface area contributed by atoms with E-state index >= 15 is 0 Å². The van der Waals surface area contributed by atoms with Crippen molar-refractivity contribution in [1.82, 2.24) is 15.6 Å². The number of rotatable bonds is 7. The van der Waals surface area contributed by atoms with Crippen LogP contribution in [-0.4, -0.2) is 36.9 Å². The molecule has 2 rings (SSSR count). The third kappa shape index (κ3) is 7.21. The maximum atomic E-state index is 5.47. The summed E-state index contributed by atoms with van der Waals surface area (Å²) in [7, 11) is 3.47. The Kier molecular flexibility index (Phi) is 10.5. The number of halogens is 1. The van der Waals surface area contributed by atoms with Gasteiger partial charge in [-0.1, -0.05) is 25.1 Å². The van der Waals surface area contributed by atoms with Crippen LogP contribution in [0.25, 0.3) is 0 Å². The first-order valence-corrected chi connectivity index (χ1v) is 9.58. The van der Waals surface area contributed by atoms with Crippen molar-refractivity contribution in [3.63, 3.8) is 0 Å². The summed E-state index contributed by atoms with van der Waals surface area (Å²) in [6, 6.07) is 10.4. The number of guanidine groups is 1. The molecule has 0 aliphatic heterocycles. The number of aliphatic imine (C=N–C) groups is 1. The number of aromatic nitrogens is 1. The number of methoxy groups -OCH3 is 1. The molecule has 0 spiro atoms. The maximum absolute atomic E-state index is 5.47. The monoisotopic (exact) mass is 500 g/mol. The molecule has 0 amide bonds. The average molecular weight is 500 g/mol. The smallest absolute Gasteiger partial charge is 0.191 e. The number of ether oxygens (including phenoxy) is 1. The van der Waals surface area contributed by atoms with Crippen LogP contribution in [0.1, 0.15) is 23.7 Å². The molecule has 5 nitrogen and oxygen atoms in total. The third-order valence-corrected chi connectivity index (χ3v) is 5.15. The highest BCUT2D eigenvalue weighted by Gasteiger charge is 2.10. The Morgan fingerprint density at radius 2 is 1.93 bits per heavy atom. The Balaban J connectivity index is 0.00000364. The number of aryl methyl sites for hydroxylation is 1. The first-order valence-electron chi connectivity index (χ1n) is 8.70. The summed E-state index contributed by atoms with van der Waals surface area (Å²) in [4.78, 5) is 10.1.